The topological polar surface area (TPSA) is 62.3 Å². The lowest BCUT2D eigenvalue weighted by molar-refractivity contribution is -0.132. The number of allylic oxidation sites excluding steroid dienone is 2. The van der Waals surface area contributed by atoms with E-state index >= 15 is 0 Å². The second-order valence-electron chi connectivity index (χ2n) is 13.1. The third kappa shape index (κ3) is 9.76. The monoisotopic (exact) mass is 567 g/mol. The molecule has 3 aliphatic rings. The molecule has 1 aromatic rings. The second kappa shape index (κ2) is 15.1. The van der Waals surface area contributed by atoms with E-state index in [0.29, 0.717) is 44.0 Å². The molecule has 0 aliphatic carbocycles. The summed E-state index contributed by atoms with van der Waals surface area (Å²) < 4.78 is 11.6. The Morgan fingerprint density at radius 1 is 0.878 bits per heavy atom. The second-order valence-corrected chi connectivity index (χ2v) is 13.1. The van der Waals surface area contributed by atoms with E-state index in [0.717, 1.165) is 57.4 Å². The number of carbonyl (C=O) groups excluding carboxylic acids is 2. The van der Waals surface area contributed by atoms with Gasteiger partial charge in [-0.3, -0.25) is 4.79 Å². The summed E-state index contributed by atoms with van der Waals surface area (Å²) in [6.07, 6.45) is 12.5. The minimum atomic E-state index is -0.461. The normalized spacial score (nSPS) is 20.2. The molecule has 228 valence electrons. The average Bonchev–Trinajstić information content (AvgIpc) is 2.98. The standard InChI is InChI=1S/C34H53N3O4/c1-5-28(10-9-11-32(38)36-24-18-30(19-25-36)35-20-7-6-8-21-35)29-12-14-31(15-13-29)40-26-27-16-22-37(23-17-27)33(39)41-34(2,3)4/h10,12-15,27,30H,5-9,11,16-26H2,1-4H3/b28-10+. The predicted molar refractivity (Wildman–Crippen MR) is 165 cm³/mol. The van der Waals surface area contributed by atoms with Gasteiger partial charge in [0, 0.05) is 38.6 Å². The molecule has 3 aliphatic heterocycles. The van der Waals surface area contributed by atoms with Gasteiger partial charge in [-0.25, -0.2) is 4.79 Å². The highest BCUT2D eigenvalue weighted by molar-refractivity contribution is 5.77. The van der Waals surface area contributed by atoms with Crippen molar-refractivity contribution in [2.75, 3.05) is 45.9 Å². The van der Waals surface area contributed by atoms with Crippen LogP contribution in [0, 0.1) is 5.92 Å². The molecular weight excluding hydrogens is 514 g/mol. The van der Waals surface area contributed by atoms with Crippen molar-refractivity contribution in [3.05, 3.63) is 35.9 Å². The molecular formula is C34H53N3O4. The molecule has 41 heavy (non-hydrogen) atoms. The highest BCUT2D eigenvalue weighted by Gasteiger charge is 2.28. The molecule has 7 heteroatoms. The van der Waals surface area contributed by atoms with Crippen LogP contribution in [0.1, 0.15) is 97.5 Å². The van der Waals surface area contributed by atoms with Crippen molar-refractivity contribution >= 4 is 17.6 Å². The van der Waals surface area contributed by atoms with Crippen LogP contribution < -0.4 is 4.74 Å². The highest BCUT2D eigenvalue weighted by atomic mass is 16.6. The van der Waals surface area contributed by atoms with Gasteiger partial charge in [-0.15, -0.1) is 0 Å². The number of hydrogen-bond acceptors (Lipinski definition) is 5. The number of piperidine rings is 3. The minimum absolute atomic E-state index is 0.218. The van der Waals surface area contributed by atoms with Crippen molar-refractivity contribution < 1.29 is 19.1 Å². The summed E-state index contributed by atoms with van der Waals surface area (Å²) in [5, 5.41) is 0. The maximum Gasteiger partial charge on any atom is 0.410 e. The Morgan fingerprint density at radius 3 is 2.12 bits per heavy atom. The summed E-state index contributed by atoms with van der Waals surface area (Å²) >= 11 is 0. The first kappa shape index (κ1) is 31.4. The molecule has 0 radical (unpaired) electrons. The summed E-state index contributed by atoms with van der Waals surface area (Å²) in [5.74, 6) is 1.61. The van der Waals surface area contributed by atoms with Crippen molar-refractivity contribution in [2.24, 2.45) is 5.92 Å². The van der Waals surface area contributed by atoms with Gasteiger partial charge in [0.2, 0.25) is 5.91 Å². The zero-order chi connectivity index (χ0) is 29.2. The van der Waals surface area contributed by atoms with Gasteiger partial charge < -0.3 is 24.2 Å². The van der Waals surface area contributed by atoms with Crippen molar-refractivity contribution in [3.63, 3.8) is 0 Å². The molecule has 0 aromatic heterocycles. The summed E-state index contributed by atoms with van der Waals surface area (Å²) in [4.78, 5) is 31.7. The molecule has 0 spiro atoms. The third-order valence-electron chi connectivity index (χ3n) is 8.83. The molecule has 4 rings (SSSR count). The van der Waals surface area contributed by atoms with Gasteiger partial charge in [-0.2, -0.15) is 0 Å². The number of hydrogen-bond donors (Lipinski definition) is 0. The third-order valence-corrected chi connectivity index (χ3v) is 8.83. The van der Waals surface area contributed by atoms with Gasteiger partial charge in [-0.1, -0.05) is 31.6 Å². The van der Waals surface area contributed by atoms with E-state index in [9.17, 15) is 9.59 Å². The molecule has 0 unspecified atom stereocenters. The predicted octanol–water partition coefficient (Wildman–Crippen LogP) is 6.76. The molecule has 3 heterocycles. The minimum Gasteiger partial charge on any atom is -0.493 e. The number of ether oxygens (including phenoxy) is 2. The number of carbonyl (C=O) groups is 2. The maximum atomic E-state index is 12.9. The Balaban J connectivity index is 1.16. The van der Waals surface area contributed by atoms with Crippen LogP contribution in [-0.4, -0.2) is 84.2 Å². The fourth-order valence-corrected chi connectivity index (χ4v) is 6.35. The average molecular weight is 568 g/mol. The Morgan fingerprint density at radius 2 is 1.51 bits per heavy atom. The zero-order valence-corrected chi connectivity index (χ0v) is 26.0. The Hall–Kier alpha value is -2.54. The number of amides is 2. The van der Waals surface area contributed by atoms with E-state index in [1.165, 1.54) is 43.5 Å². The first-order valence-electron chi connectivity index (χ1n) is 16.1. The molecule has 3 fully saturated rings. The van der Waals surface area contributed by atoms with Crippen LogP contribution >= 0.6 is 0 Å². The Kier molecular flexibility index (Phi) is 11.5. The van der Waals surface area contributed by atoms with Crippen LogP contribution in [0.4, 0.5) is 4.79 Å². The fourth-order valence-electron chi connectivity index (χ4n) is 6.35. The van der Waals surface area contributed by atoms with E-state index in [1.54, 1.807) is 4.90 Å². The lowest BCUT2D eigenvalue weighted by Gasteiger charge is -2.40. The van der Waals surface area contributed by atoms with Gasteiger partial charge in [0.05, 0.1) is 6.61 Å². The lowest BCUT2D eigenvalue weighted by Crippen LogP contribution is -2.48. The van der Waals surface area contributed by atoms with Crippen LogP contribution in [0.2, 0.25) is 0 Å². The first-order valence-corrected chi connectivity index (χ1v) is 16.1. The molecule has 1 aromatic carbocycles. The van der Waals surface area contributed by atoms with E-state index in [-0.39, 0.29) is 6.09 Å². The van der Waals surface area contributed by atoms with Crippen LogP contribution in [0.3, 0.4) is 0 Å². The van der Waals surface area contributed by atoms with Crippen LogP contribution in [0.5, 0.6) is 5.75 Å². The van der Waals surface area contributed by atoms with Crippen molar-refractivity contribution in [3.8, 4) is 5.75 Å². The maximum absolute atomic E-state index is 12.9. The zero-order valence-electron chi connectivity index (χ0n) is 26.0. The van der Waals surface area contributed by atoms with Crippen molar-refractivity contribution in [1.29, 1.82) is 0 Å². The van der Waals surface area contributed by atoms with E-state index in [1.807, 2.05) is 32.9 Å². The largest absolute Gasteiger partial charge is 0.493 e. The quantitative estimate of drug-likeness (QED) is 0.330. The van der Waals surface area contributed by atoms with Gasteiger partial charge in [-0.05, 0) is 114 Å². The van der Waals surface area contributed by atoms with E-state index < -0.39 is 5.60 Å². The molecule has 0 saturated carbocycles. The molecule has 0 atom stereocenters. The van der Waals surface area contributed by atoms with Crippen LogP contribution in [0.25, 0.3) is 5.57 Å². The first-order chi connectivity index (χ1) is 19.7. The summed E-state index contributed by atoms with van der Waals surface area (Å²) in [5.41, 5.74) is 2.01. The molecule has 7 nitrogen and oxygen atoms in total. The van der Waals surface area contributed by atoms with Gasteiger partial charge in [0.1, 0.15) is 11.4 Å². The SMILES string of the molecule is CC/C(=C\CCC(=O)N1CCC(N2CCCCC2)CC1)c1ccc(OCC2CCN(C(=O)OC(C)(C)C)CC2)cc1. The lowest BCUT2D eigenvalue weighted by atomic mass is 9.98. The van der Waals surface area contributed by atoms with Gasteiger partial charge in [0.15, 0.2) is 0 Å². The Labute approximate surface area is 248 Å². The fraction of sp³-hybridized carbons (Fsp3) is 0.706. The molecule has 2 amide bonds. The summed E-state index contributed by atoms with van der Waals surface area (Å²) in [7, 11) is 0. The van der Waals surface area contributed by atoms with Crippen molar-refractivity contribution in [1.82, 2.24) is 14.7 Å². The van der Waals surface area contributed by atoms with Gasteiger partial charge >= 0.3 is 6.09 Å². The van der Waals surface area contributed by atoms with E-state index in [4.69, 9.17) is 9.47 Å². The highest BCUT2D eigenvalue weighted by Crippen LogP contribution is 2.25. The molecule has 0 bridgehead atoms. The summed E-state index contributed by atoms with van der Waals surface area (Å²) in [6.45, 7) is 14.3. The van der Waals surface area contributed by atoms with Crippen LogP contribution in [0.15, 0.2) is 30.3 Å². The molecule has 3 saturated heterocycles. The number of likely N-dealkylation sites (tertiary alicyclic amines) is 3. The Bertz CT molecular complexity index is 994. The number of nitrogens with zero attached hydrogens (tertiary/aromatic N) is 3. The van der Waals surface area contributed by atoms with Gasteiger partial charge in [0.25, 0.3) is 0 Å². The van der Waals surface area contributed by atoms with Crippen LogP contribution in [-0.2, 0) is 9.53 Å². The summed E-state index contributed by atoms with van der Waals surface area (Å²) in [6, 6.07) is 9.03. The smallest absolute Gasteiger partial charge is 0.410 e. The number of rotatable bonds is 9. The number of benzene rings is 1. The van der Waals surface area contributed by atoms with Crippen molar-refractivity contribution in [2.45, 2.75) is 104 Å². The van der Waals surface area contributed by atoms with E-state index in [2.05, 4.69) is 34.9 Å². The molecule has 0 N–H and O–H groups in total.